The number of halogens is 1. The Bertz CT molecular complexity index is 649. The lowest BCUT2D eigenvalue weighted by molar-refractivity contribution is -0.123. The normalized spacial score (nSPS) is 28.7. The molecular weight excluding hydrogens is 343 g/mol. The van der Waals surface area contributed by atoms with Gasteiger partial charge in [-0.1, -0.05) is 31.4 Å². The van der Waals surface area contributed by atoms with E-state index in [1.165, 1.54) is 18.6 Å². The van der Waals surface area contributed by atoms with Crippen LogP contribution in [-0.4, -0.2) is 47.2 Å². The van der Waals surface area contributed by atoms with E-state index in [1.54, 1.807) is 12.1 Å². The van der Waals surface area contributed by atoms with Gasteiger partial charge in [0, 0.05) is 31.6 Å². The van der Waals surface area contributed by atoms with E-state index in [2.05, 4.69) is 10.2 Å². The number of aliphatic hydroxyl groups is 1. The summed E-state index contributed by atoms with van der Waals surface area (Å²) in [5, 5.41) is 14.0. The maximum absolute atomic E-state index is 13.0. The Morgan fingerprint density at radius 2 is 1.81 bits per heavy atom. The van der Waals surface area contributed by atoms with Crippen LogP contribution in [0.15, 0.2) is 24.3 Å². The van der Waals surface area contributed by atoms with Gasteiger partial charge in [0.1, 0.15) is 5.82 Å². The minimum atomic E-state index is -0.495. The third-order valence-electron chi connectivity index (χ3n) is 6.66. The van der Waals surface area contributed by atoms with E-state index in [0.717, 1.165) is 70.1 Å². The van der Waals surface area contributed by atoms with Crippen molar-refractivity contribution in [3.8, 4) is 0 Å². The third kappa shape index (κ3) is 4.69. The molecule has 3 fully saturated rings. The van der Waals surface area contributed by atoms with Crippen LogP contribution in [0.1, 0.15) is 62.8 Å². The highest BCUT2D eigenvalue weighted by molar-refractivity contribution is 5.83. The second kappa shape index (κ2) is 7.88. The van der Waals surface area contributed by atoms with Crippen molar-refractivity contribution in [3.63, 3.8) is 0 Å². The SMILES string of the molecule is O=C(NC1CCN(CC2(O)CCCCC2)CC1)[C@@H]1C[C@H]1c1ccc(F)cc1. The molecular formula is C22H31FN2O2. The van der Waals surface area contributed by atoms with Crippen molar-refractivity contribution in [3.05, 3.63) is 35.6 Å². The molecule has 2 atom stereocenters. The van der Waals surface area contributed by atoms with Crippen molar-refractivity contribution in [2.45, 2.75) is 68.9 Å². The number of nitrogens with zero attached hydrogens (tertiary/aromatic N) is 1. The van der Waals surface area contributed by atoms with E-state index in [9.17, 15) is 14.3 Å². The molecule has 2 saturated carbocycles. The van der Waals surface area contributed by atoms with Gasteiger partial charge in [-0.3, -0.25) is 4.79 Å². The summed E-state index contributed by atoms with van der Waals surface area (Å²) >= 11 is 0. The van der Waals surface area contributed by atoms with E-state index in [4.69, 9.17) is 0 Å². The fraction of sp³-hybridized carbons (Fsp3) is 0.682. The third-order valence-corrected chi connectivity index (χ3v) is 6.66. The van der Waals surface area contributed by atoms with Crippen LogP contribution < -0.4 is 5.32 Å². The molecule has 2 N–H and O–H groups in total. The maximum atomic E-state index is 13.0. The molecule has 4 rings (SSSR count). The Hall–Kier alpha value is -1.46. The van der Waals surface area contributed by atoms with Crippen LogP contribution in [0.3, 0.4) is 0 Å². The van der Waals surface area contributed by atoms with Gasteiger partial charge in [0.15, 0.2) is 0 Å². The minimum absolute atomic E-state index is 0.0384. The summed E-state index contributed by atoms with van der Waals surface area (Å²) in [6, 6.07) is 6.77. The molecule has 0 bridgehead atoms. The minimum Gasteiger partial charge on any atom is -0.389 e. The number of carbonyl (C=O) groups excluding carboxylic acids is 1. The van der Waals surface area contributed by atoms with Crippen molar-refractivity contribution in [2.75, 3.05) is 19.6 Å². The van der Waals surface area contributed by atoms with Crippen LogP contribution in [-0.2, 0) is 4.79 Å². The number of likely N-dealkylation sites (tertiary alicyclic amines) is 1. The summed E-state index contributed by atoms with van der Waals surface area (Å²) < 4.78 is 13.0. The van der Waals surface area contributed by atoms with E-state index >= 15 is 0 Å². The predicted octanol–water partition coefficient (Wildman–Crippen LogP) is 3.21. The lowest BCUT2D eigenvalue weighted by atomic mass is 9.84. The smallest absolute Gasteiger partial charge is 0.223 e. The first-order valence-corrected chi connectivity index (χ1v) is 10.5. The summed E-state index contributed by atoms with van der Waals surface area (Å²) in [7, 11) is 0. The number of hydrogen-bond acceptors (Lipinski definition) is 3. The molecule has 1 amide bonds. The molecule has 0 unspecified atom stereocenters. The lowest BCUT2D eigenvalue weighted by Gasteiger charge is -2.40. The number of benzene rings is 1. The summed E-state index contributed by atoms with van der Waals surface area (Å²) in [6.45, 7) is 2.67. The molecule has 0 radical (unpaired) electrons. The number of rotatable bonds is 5. The Kier molecular flexibility index (Phi) is 5.51. The van der Waals surface area contributed by atoms with Gasteiger partial charge in [-0.15, -0.1) is 0 Å². The number of carbonyl (C=O) groups is 1. The highest BCUT2D eigenvalue weighted by atomic mass is 19.1. The van der Waals surface area contributed by atoms with Gasteiger partial charge in [0.25, 0.3) is 0 Å². The fourth-order valence-electron chi connectivity index (χ4n) is 4.89. The summed E-state index contributed by atoms with van der Waals surface area (Å²) in [5.41, 5.74) is 0.567. The van der Waals surface area contributed by atoms with Crippen LogP contribution >= 0.6 is 0 Å². The van der Waals surface area contributed by atoms with E-state index in [1.807, 2.05) is 0 Å². The molecule has 2 aliphatic carbocycles. The van der Waals surface area contributed by atoms with Gasteiger partial charge in [-0.25, -0.2) is 4.39 Å². The zero-order valence-electron chi connectivity index (χ0n) is 16.0. The van der Waals surface area contributed by atoms with Crippen molar-refractivity contribution >= 4 is 5.91 Å². The summed E-state index contributed by atoms with van der Waals surface area (Å²) in [5.74, 6) is 0.196. The van der Waals surface area contributed by atoms with E-state index in [0.29, 0.717) is 0 Å². The van der Waals surface area contributed by atoms with Crippen LogP contribution in [0, 0.1) is 11.7 Å². The Morgan fingerprint density at radius 1 is 1.15 bits per heavy atom. The molecule has 3 aliphatic rings. The van der Waals surface area contributed by atoms with Gasteiger partial charge in [0.05, 0.1) is 5.60 Å². The zero-order chi connectivity index (χ0) is 18.9. The second-order valence-corrected chi connectivity index (χ2v) is 8.84. The Balaban J connectivity index is 1.20. The van der Waals surface area contributed by atoms with Crippen LogP contribution in [0.25, 0.3) is 0 Å². The van der Waals surface area contributed by atoms with Crippen molar-refractivity contribution in [1.29, 1.82) is 0 Å². The van der Waals surface area contributed by atoms with Crippen molar-refractivity contribution in [2.24, 2.45) is 5.92 Å². The average molecular weight is 375 g/mol. The Morgan fingerprint density at radius 3 is 2.48 bits per heavy atom. The van der Waals surface area contributed by atoms with Crippen LogP contribution in [0.5, 0.6) is 0 Å². The molecule has 4 nitrogen and oxygen atoms in total. The van der Waals surface area contributed by atoms with Gasteiger partial charge in [-0.05, 0) is 55.7 Å². The zero-order valence-corrected chi connectivity index (χ0v) is 16.0. The fourth-order valence-corrected chi connectivity index (χ4v) is 4.89. The number of hydrogen-bond donors (Lipinski definition) is 2. The first-order valence-electron chi connectivity index (χ1n) is 10.5. The highest BCUT2D eigenvalue weighted by Crippen LogP contribution is 2.47. The number of piperidine rings is 1. The molecule has 0 aromatic heterocycles. The van der Waals surface area contributed by atoms with E-state index in [-0.39, 0.29) is 29.6 Å². The van der Waals surface area contributed by atoms with Gasteiger partial charge >= 0.3 is 0 Å². The monoisotopic (exact) mass is 374 g/mol. The molecule has 27 heavy (non-hydrogen) atoms. The first kappa shape index (κ1) is 18.9. The van der Waals surface area contributed by atoms with Crippen molar-refractivity contribution in [1.82, 2.24) is 10.2 Å². The molecule has 5 heteroatoms. The quantitative estimate of drug-likeness (QED) is 0.832. The summed E-state index contributed by atoms with van der Waals surface area (Å²) in [4.78, 5) is 14.9. The lowest BCUT2D eigenvalue weighted by Crippen LogP contribution is -2.50. The molecule has 1 heterocycles. The Labute approximate surface area is 161 Å². The largest absolute Gasteiger partial charge is 0.389 e. The number of nitrogens with one attached hydrogen (secondary N) is 1. The molecule has 1 aromatic rings. The standard InChI is InChI=1S/C22H31FN2O2/c23-17-6-4-16(5-7-17)19-14-20(19)21(26)24-18-8-12-25(13-9-18)15-22(27)10-2-1-3-11-22/h4-7,18-20,27H,1-3,8-15H2,(H,24,26)/t19-,20+/m0/s1. The summed E-state index contributed by atoms with van der Waals surface area (Å²) in [6.07, 6.45) is 8.15. The number of amides is 1. The van der Waals surface area contributed by atoms with Gasteiger partial charge < -0.3 is 15.3 Å². The topological polar surface area (TPSA) is 52.6 Å². The van der Waals surface area contributed by atoms with Gasteiger partial charge in [0.2, 0.25) is 5.91 Å². The van der Waals surface area contributed by atoms with Crippen LogP contribution in [0.2, 0.25) is 0 Å². The second-order valence-electron chi connectivity index (χ2n) is 8.84. The molecule has 1 saturated heterocycles. The maximum Gasteiger partial charge on any atom is 0.223 e. The highest BCUT2D eigenvalue weighted by Gasteiger charge is 2.44. The van der Waals surface area contributed by atoms with E-state index < -0.39 is 5.60 Å². The molecule has 148 valence electrons. The molecule has 1 aliphatic heterocycles. The molecule has 1 aromatic carbocycles. The predicted molar refractivity (Wildman–Crippen MR) is 103 cm³/mol. The first-order chi connectivity index (χ1) is 13.0. The van der Waals surface area contributed by atoms with Gasteiger partial charge in [-0.2, -0.15) is 0 Å². The average Bonchev–Trinajstić information content (AvgIpc) is 3.45. The van der Waals surface area contributed by atoms with Crippen LogP contribution in [0.4, 0.5) is 4.39 Å². The molecule has 0 spiro atoms. The van der Waals surface area contributed by atoms with Crippen molar-refractivity contribution < 1.29 is 14.3 Å². The number of β-amino-alcohol motifs (C(OH)–C–C–N with tert-alkyl or cyclic N) is 1.